The van der Waals surface area contributed by atoms with E-state index in [9.17, 15) is 4.79 Å². The summed E-state index contributed by atoms with van der Waals surface area (Å²) >= 11 is 0. The Morgan fingerprint density at radius 1 is 0.857 bits per heavy atom. The average molecular weight is 276 g/mol. The first-order chi connectivity index (χ1) is 10.2. The van der Waals surface area contributed by atoms with E-state index in [4.69, 9.17) is 4.74 Å². The minimum Gasteiger partial charge on any atom is -0.465 e. The molecule has 0 heterocycles. The average Bonchev–Trinajstić information content (AvgIpc) is 2.54. The van der Waals surface area contributed by atoms with Gasteiger partial charge in [0.2, 0.25) is 0 Å². The summed E-state index contributed by atoms with van der Waals surface area (Å²) < 4.78 is 4.86. The highest BCUT2D eigenvalue weighted by molar-refractivity contribution is 6.00. The van der Waals surface area contributed by atoms with Crippen molar-refractivity contribution in [2.45, 2.75) is 6.92 Å². The zero-order chi connectivity index (χ0) is 14.8. The molecule has 3 rings (SSSR count). The Hall–Kier alpha value is -2.61. The van der Waals surface area contributed by atoms with Gasteiger partial charge in [-0.1, -0.05) is 54.6 Å². The quantitative estimate of drug-likeness (QED) is 0.639. The van der Waals surface area contributed by atoms with Gasteiger partial charge in [-0.2, -0.15) is 0 Å². The molecule has 0 fully saturated rings. The molecule has 0 unspecified atom stereocenters. The van der Waals surface area contributed by atoms with Crippen LogP contribution >= 0.6 is 0 Å². The van der Waals surface area contributed by atoms with Crippen molar-refractivity contribution < 1.29 is 9.53 Å². The Kier molecular flexibility index (Phi) is 3.44. The summed E-state index contributed by atoms with van der Waals surface area (Å²) in [7, 11) is 1.41. The molecule has 2 nitrogen and oxygen atoms in total. The van der Waals surface area contributed by atoms with E-state index < -0.39 is 0 Å². The van der Waals surface area contributed by atoms with Gasteiger partial charge in [0.25, 0.3) is 0 Å². The maximum absolute atomic E-state index is 11.9. The monoisotopic (exact) mass is 276 g/mol. The largest absolute Gasteiger partial charge is 0.465 e. The van der Waals surface area contributed by atoms with Crippen LogP contribution in [0.15, 0.2) is 60.7 Å². The molecule has 0 saturated heterocycles. The van der Waals surface area contributed by atoms with Crippen LogP contribution in [-0.4, -0.2) is 13.1 Å². The van der Waals surface area contributed by atoms with Gasteiger partial charge in [-0.3, -0.25) is 0 Å². The summed E-state index contributed by atoms with van der Waals surface area (Å²) in [4.78, 5) is 11.9. The third-order valence-electron chi connectivity index (χ3n) is 3.82. The molecule has 0 saturated carbocycles. The van der Waals surface area contributed by atoms with Gasteiger partial charge < -0.3 is 4.74 Å². The fourth-order valence-electron chi connectivity index (χ4n) is 2.72. The summed E-state index contributed by atoms with van der Waals surface area (Å²) in [6.07, 6.45) is 0. The Morgan fingerprint density at radius 3 is 2.33 bits per heavy atom. The van der Waals surface area contributed by atoms with Crippen LogP contribution in [0.5, 0.6) is 0 Å². The van der Waals surface area contributed by atoms with Gasteiger partial charge in [-0.25, -0.2) is 4.79 Å². The fourth-order valence-corrected chi connectivity index (χ4v) is 2.72. The van der Waals surface area contributed by atoms with Crippen LogP contribution < -0.4 is 0 Å². The molecule has 0 N–H and O–H groups in total. The number of benzene rings is 3. The van der Waals surface area contributed by atoms with Crippen molar-refractivity contribution in [1.82, 2.24) is 0 Å². The molecule has 21 heavy (non-hydrogen) atoms. The molecule has 0 spiro atoms. The number of methoxy groups -OCH3 is 1. The molecule has 104 valence electrons. The van der Waals surface area contributed by atoms with Gasteiger partial charge in [-0.15, -0.1) is 0 Å². The third-order valence-corrected chi connectivity index (χ3v) is 3.82. The molecule has 2 heteroatoms. The molecule has 0 aromatic heterocycles. The van der Waals surface area contributed by atoms with Crippen LogP contribution in [0.2, 0.25) is 0 Å². The highest BCUT2D eigenvalue weighted by Gasteiger charge is 2.13. The van der Waals surface area contributed by atoms with Crippen LogP contribution in [0, 0.1) is 6.92 Å². The number of fused-ring (bicyclic) bond motifs is 1. The second-order valence-electron chi connectivity index (χ2n) is 5.00. The minimum absolute atomic E-state index is 0.297. The molecule has 0 aliphatic heterocycles. The van der Waals surface area contributed by atoms with Gasteiger partial charge >= 0.3 is 5.97 Å². The predicted molar refractivity (Wildman–Crippen MR) is 85.5 cm³/mol. The topological polar surface area (TPSA) is 26.3 Å². The Bertz CT molecular complexity index is 813. The van der Waals surface area contributed by atoms with Gasteiger partial charge in [0, 0.05) is 0 Å². The summed E-state index contributed by atoms with van der Waals surface area (Å²) in [5.74, 6) is -0.297. The van der Waals surface area contributed by atoms with Crippen molar-refractivity contribution in [3.05, 3.63) is 71.8 Å². The first kappa shape index (κ1) is 13.4. The number of hydrogen-bond acceptors (Lipinski definition) is 2. The zero-order valence-corrected chi connectivity index (χ0v) is 12.1. The normalized spacial score (nSPS) is 10.6. The van der Waals surface area contributed by atoms with E-state index in [-0.39, 0.29) is 5.97 Å². The van der Waals surface area contributed by atoms with Crippen molar-refractivity contribution in [1.29, 1.82) is 0 Å². The van der Waals surface area contributed by atoms with Gasteiger partial charge in [0.15, 0.2) is 0 Å². The third kappa shape index (κ3) is 2.29. The van der Waals surface area contributed by atoms with Crippen molar-refractivity contribution in [2.24, 2.45) is 0 Å². The molecule has 0 radical (unpaired) electrons. The molecule has 3 aromatic carbocycles. The maximum atomic E-state index is 11.9. The Balaban J connectivity index is 2.27. The summed E-state index contributed by atoms with van der Waals surface area (Å²) in [5.41, 5.74) is 3.76. The highest BCUT2D eigenvalue weighted by atomic mass is 16.5. The lowest BCUT2D eigenvalue weighted by Crippen LogP contribution is -2.04. The van der Waals surface area contributed by atoms with E-state index in [2.05, 4.69) is 24.3 Å². The zero-order valence-electron chi connectivity index (χ0n) is 12.1. The van der Waals surface area contributed by atoms with Crippen LogP contribution in [0.25, 0.3) is 21.9 Å². The first-order valence-corrected chi connectivity index (χ1v) is 6.88. The van der Waals surface area contributed by atoms with E-state index in [1.54, 1.807) is 6.07 Å². The lowest BCUT2D eigenvalue weighted by Gasteiger charge is -2.12. The smallest absolute Gasteiger partial charge is 0.338 e. The number of rotatable bonds is 2. The van der Waals surface area contributed by atoms with E-state index in [1.807, 2.05) is 37.3 Å². The van der Waals surface area contributed by atoms with Crippen molar-refractivity contribution in [3.63, 3.8) is 0 Å². The van der Waals surface area contributed by atoms with E-state index >= 15 is 0 Å². The molecular formula is C19H16O2. The van der Waals surface area contributed by atoms with Crippen LogP contribution in [-0.2, 0) is 4.74 Å². The second kappa shape index (κ2) is 5.41. The fraction of sp³-hybridized carbons (Fsp3) is 0.105. The Labute approximate surface area is 124 Å². The van der Waals surface area contributed by atoms with E-state index in [0.29, 0.717) is 5.56 Å². The van der Waals surface area contributed by atoms with Crippen LogP contribution in [0.4, 0.5) is 0 Å². The maximum Gasteiger partial charge on any atom is 0.338 e. The second-order valence-corrected chi connectivity index (χ2v) is 5.00. The highest BCUT2D eigenvalue weighted by Crippen LogP contribution is 2.32. The van der Waals surface area contributed by atoms with Gasteiger partial charge in [0.05, 0.1) is 12.7 Å². The molecule has 0 aliphatic carbocycles. The molecule has 0 atom stereocenters. The first-order valence-electron chi connectivity index (χ1n) is 6.88. The van der Waals surface area contributed by atoms with Crippen LogP contribution in [0.3, 0.4) is 0 Å². The molecule has 0 aliphatic rings. The number of hydrogen-bond donors (Lipinski definition) is 0. The number of carbonyl (C=O) groups is 1. The molecule has 0 bridgehead atoms. The summed E-state index contributed by atoms with van der Waals surface area (Å²) in [5, 5.41) is 2.38. The van der Waals surface area contributed by atoms with Crippen LogP contribution in [0.1, 0.15) is 15.9 Å². The van der Waals surface area contributed by atoms with Crippen molar-refractivity contribution in [3.8, 4) is 11.1 Å². The molecule has 3 aromatic rings. The SMILES string of the molecule is COC(=O)c1cccc(-c2cccc3ccccc23)c1C. The Morgan fingerprint density at radius 2 is 1.52 bits per heavy atom. The van der Waals surface area contributed by atoms with Crippen molar-refractivity contribution >= 4 is 16.7 Å². The van der Waals surface area contributed by atoms with E-state index in [1.165, 1.54) is 17.9 Å². The summed E-state index contributed by atoms with van der Waals surface area (Å²) in [6, 6.07) is 20.2. The standard InChI is InChI=1S/C19H16O2/c1-13-15(10-6-11-16(13)19(20)21-2)18-12-5-8-14-7-3-4-9-17(14)18/h3-12H,1-2H3. The van der Waals surface area contributed by atoms with E-state index in [0.717, 1.165) is 16.7 Å². The predicted octanol–water partition coefficient (Wildman–Crippen LogP) is 4.60. The summed E-state index contributed by atoms with van der Waals surface area (Å²) in [6.45, 7) is 1.96. The lowest BCUT2D eigenvalue weighted by atomic mass is 9.93. The van der Waals surface area contributed by atoms with Crippen molar-refractivity contribution in [2.75, 3.05) is 7.11 Å². The number of ether oxygens (including phenoxy) is 1. The minimum atomic E-state index is -0.297. The number of esters is 1. The molecular weight excluding hydrogens is 260 g/mol. The van der Waals surface area contributed by atoms with Gasteiger partial charge in [-0.05, 0) is 40.5 Å². The molecule has 0 amide bonds. The van der Waals surface area contributed by atoms with Gasteiger partial charge in [0.1, 0.15) is 0 Å². The number of carbonyl (C=O) groups excluding carboxylic acids is 1. The lowest BCUT2D eigenvalue weighted by molar-refractivity contribution is 0.0600.